The van der Waals surface area contributed by atoms with Gasteiger partial charge in [-0.1, -0.05) is 0 Å². The van der Waals surface area contributed by atoms with Gasteiger partial charge in [0.2, 0.25) is 5.91 Å². The number of pyridine rings is 1. The molecule has 0 saturated heterocycles. The summed E-state index contributed by atoms with van der Waals surface area (Å²) in [6.45, 7) is 1.45. The number of hydrogen-bond acceptors (Lipinski definition) is 3. The van der Waals surface area contributed by atoms with E-state index in [9.17, 15) is 4.79 Å². The molecule has 5 nitrogen and oxygen atoms in total. The minimum absolute atomic E-state index is 0.118. The maximum Gasteiger partial charge on any atom is 0.221 e. The van der Waals surface area contributed by atoms with Gasteiger partial charge in [-0.2, -0.15) is 0 Å². The van der Waals surface area contributed by atoms with Crippen LogP contribution in [0.15, 0.2) is 30.7 Å². The van der Waals surface area contributed by atoms with Gasteiger partial charge in [0.15, 0.2) is 4.77 Å². The van der Waals surface area contributed by atoms with E-state index >= 15 is 0 Å². The molecular formula is C10H10N4OS. The molecule has 6 heteroatoms. The monoisotopic (exact) mass is 234 g/mol. The van der Waals surface area contributed by atoms with Crippen molar-refractivity contribution in [1.82, 2.24) is 14.5 Å². The van der Waals surface area contributed by atoms with E-state index < -0.39 is 0 Å². The summed E-state index contributed by atoms with van der Waals surface area (Å²) in [6, 6.07) is 3.56. The summed E-state index contributed by atoms with van der Waals surface area (Å²) in [5.41, 5.74) is 0.665. The highest BCUT2D eigenvalue weighted by atomic mass is 32.1. The van der Waals surface area contributed by atoms with Gasteiger partial charge < -0.3 is 10.3 Å². The van der Waals surface area contributed by atoms with Crippen molar-refractivity contribution in [3.63, 3.8) is 0 Å². The fourth-order valence-electron chi connectivity index (χ4n) is 1.31. The lowest BCUT2D eigenvalue weighted by atomic mass is 10.4. The maximum absolute atomic E-state index is 10.8. The molecule has 0 saturated carbocycles. The van der Waals surface area contributed by atoms with Crippen molar-refractivity contribution in [3.05, 3.63) is 35.5 Å². The van der Waals surface area contributed by atoms with E-state index in [0.29, 0.717) is 16.3 Å². The minimum Gasteiger partial charge on any atom is -0.337 e. The molecule has 2 rings (SSSR count). The lowest BCUT2D eigenvalue weighted by molar-refractivity contribution is -0.114. The summed E-state index contributed by atoms with van der Waals surface area (Å²) < 4.78 is 2.33. The number of aromatic nitrogens is 3. The predicted octanol–water partition coefficient (Wildman–Crippen LogP) is 1.89. The molecule has 0 unspecified atom stereocenters. The quantitative estimate of drug-likeness (QED) is 0.780. The number of hydrogen-bond donors (Lipinski definition) is 2. The molecule has 0 fully saturated rings. The Morgan fingerprint density at radius 3 is 2.88 bits per heavy atom. The van der Waals surface area contributed by atoms with Crippen molar-refractivity contribution in [2.24, 2.45) is 0 Å². The van der Waals surface area contributed by atoms with Crippen LogP contribution >= 0.6 is 12.2 Å². The standard InChI is InChI=1S/C10H10N4OS/c1-7(15)13-8-2-3-9(12-6-8)14-5-4-11-10(14)16/h2-6H,1H3,(H,11,16)(H,13,15). The summed E-state index contributed by atoms with van der Waals surface area (Å²) >= 11 is 5.07. The maximum atomic E-state index is 10.8. The van der Waals surface area contributed by atoms with Crippen LogP contribution in [0.1, 0.15) is 6.92 Å². The Bertz CT molecular complexity index is 555. The highest BCUT2D eigenvalue weighted by molar-refractivity contribution is 7.71. The first-order valence-electron chi connectivity index (χ1n) is 4.67. The van der Waals surface area contributed by atoms with E-state index in [2.05, 4.69) is 15.3 Å². The van der Waals surface area contributed by atoms with Crippen LogP contribution in [0.2, 0.25) is 0 Å². The first kappa shape index (κ1) is 10.6. The van der Waals surface area contributed by atoms with Crippen LogP contribution in [0, 0.1) is 4.77 Å². The molecule has 2 aromatic heterocycles. The Morgan fingerprint density at radius 1 is 1.56 bits per heavy atom. The molecule has 16 heavy (non-hydrogen) atoms. The van der Waals surface area contributed by atoms with Crippen molar-refractivity contribution >= 4 is 23.8 Å². The Kier molecular flexibility index (Phi) is 2.82. The van der Waals surface area contributed by atoms with Crippen molar-refractivity contribution in [3.8, 4) is 5.82 Å². The van der Waals surface area contributed by atoms with Crippen LogP contribution < -0.4 is 5.32 Å². The highest BCUT2D eigenvalue weighted by Crippen LogP contribution is 2.09. The van der Waals surface area contributed by atoms with Gasteiger partial charge in [0.05, 0.1) is 11.9 Å². The molecule has 0 aliphatic rings. The zero-order valence-electron chi connectivity index (χ0n) is 8.60. The molecule has 2 aromatic rings. The third kappa shape index (κ3) is 2.17. The second kappa shape index (κ2) is 4.28. The molecule has 0 atom stereocenters. The smallest absolute Gasteiger partial charge is 0.221 e. The number of H-pyrrole nitrogens is 1. The number of nitrogens with zero attached hydrogens (tertiary/aromatic N) is 2. The number of carbonyl (C=O) groups is 1. The summed E-state index contributed by atoms with van der Waals surface area (Å²) in [7, 11) is 0. The largest absolute Gasteiger partial charge is 0.337 e. The van der Waals surface area contributed by atoms with Crippen LogP contribution in [0.5, 0.6) is 0 Å². The molecular weight excluding hydrogens is 224 g/mol. The minimum atomic E-state index is -0.118. The Morgan fingerprint density at radius 2 is 2.38 bits per heavy atom. The van der Waals surface area contributed by atoms with Gasteiger partial charge in [-0.15, -0.1) is 0 Å². The van der Waals surface area contributed by atoms with Crippen molar-refractivity contribution in [2.75, 3.05) is 5.32 Å². The molecule has 0 spiro atoms. The normalized spacial score (nSPS) is 10.1. The van der Waals surface area contributed by atoms with E-state index in [4.69, 9.17) is 12.2 Å². The second-order valence-electron chi connectivity index (χ2n) is 3.22. The van der Waals surface area contributed by atoms with E-state index in [1.54, 1.807) is 35.3 Å². The molecule has 0 aliphatic carbocycles. The van der Waals surface area contributed by atoms with Crippen molar-refractivity contribution in [2.45, 2.75) is 6.92 Å². The van der Waals surface area contributed by atoms with E-state index in [0.717, 1.165) is 0 Å². The molecule has 82 valence electrons. The van der Waals surface area contributed by atoms with Gasteiger partial charge in [-0.3, -0.25) is 9.36 Å². The van der Waals surface area contributed by atoms with Crippen molar-refractivity contribution < 1.29 is 4.79 Å². The molecule has 0 aliphatic heterocycles. The lowest BCUT2D eigenvalue weighted by Gasteiger charge is -2.03. The number of rotatable bonds is 2. The Balaban J connectivity index is 2.30. The molecule has 0 bridgehead atoms. The van der Waals surface area contributed by atoms with Gasteiger partial charge in [0.1, 0.15) is 5.82 Å². The SMILES string of the molecule is CC(=O)Nc1ccc(-n2cc[nH]c2=S)nc1. The predicted molar refractivity (Wildman–Crippen MR) is 63.1 cm³/mol. The second-order valence-corrected chi connectivity index (χ2v) is 3.61. The number of amides is 1. The third-order valence-corrected chi connectivity index (χ3v) is 2.28. The van der Waals surface area contributed by atoms with Crippen LogP contribution in [0.4, 0.5) is 5.69 Å². The third-order valence-electron chi connectivity index (χ3n) is 1.96. The highest BCUT2D eigenvalue weighted by Gasteiger charge is 2.00. The molecule has 1 amide bonds. The Hall–Kier alpha value is -1.95. The van der Waals surface area contributed by atoms with E-state index in [1.807, 2.05) is 0 Å². The molecule has 2 N–H and O–H groups in total. The summed E-state index contributed by atoms with van der Waals surface area (Å²) in [5, 5.41) is 2.65. The fraction of sp³-hybridized carbons (Fsp3) is 0.100. The van der Waals surface area contributed by atoms with Gasteiger partial charge in [-0.25, -0.2) is 4.98 Å². The summed E-state index contributed by atoms with van der Waals surface area (Å²) in [6.07, 6.45) is 5.12. The number of anilines is 1. The van der Waals surface area contributed by atoms with Crippen LogP contribution in [-0.2, 0) is 4.79 Å². The van der Waals surface area contributed by atoms with Gasteiger partial charge in [0.25, 0.3) is 0 Å². The van der Waals surface area contributed by atoms with E-state index in [-0.39, 0.29) is 5.91 Å². The zero-order valence-corrected chi connectivity index (χ0v) is 9.41. The average molecular weight is 234 g/mol. The first-order chi connectivity index (χ1) is 7.66. The van der Waals surface area contributed by atoms with Crippen LogP contribution in [0.25, 0.3) is 5.82 Å². The number of nitrogens with one attached hydrogen (secondary N) is 2. The average Bonchev–Trinajstić information content (AvgIpc) is 2.65. The molecule has 2 heterocycles. The number of aromatic amines is 1. The summed E-state index contributed by atoms with van der Waals surface area (Å²) in [4.78, 5) is 17.9. The zero-order chi connectivity index (χ0) is 11.5. The van der Waals surface area contributed by atoms with Crippen LogP contribution in [0.3, 0.4) is 0 Å². The molecule has 0 aromatic carbocycles. The summed E-state index contributed by atoms with van der Waals surface area (Å²) in [5.74, 6) is 0.591. The topological polar surface area (TPSA) is 62.7 Å². The van der Waals surface area contributed by atoms with Gasteiger partial charge in [0, 0.05) is 19.3 Å². The fourth-order valence-corrected chi connectivity index (χ4v) is 1.53. The molecule has 0 radical (unpaired) electrons. The van der Waals surface area contributed by atoms with Crippen LogP contribution in [-0.4, -0.2) is 20.4 Å². The lowest BCUT2D eigenvalue weighted by Crippen LogP contribution is -2.06. The first-order valence-corrected chi connectivity index (χ1v) is 5.08. The van der Waals surface area contributed by atoms with Gasteiger partial charge in [-0.05, 0) is 24.4 Å². The Labute approximate surface area is 97.1 Å². The van der Waals surface area contributed by atoms with Gasteiger partial charge >= 0.3 is 0 Å². The number of carbonyl (C=O) groups excluding carboxylic acids is 1. The number of imidazole rings is 1. The van der Waals surface area contributed by atoms with E-state index in [1.165, 1.54) is 6.92 Å². The van der Waals surface area contributed by atoms with Crippen molar-refractivity contribution in [1.29, 1.82) is 0 Å².